The Labute approximate surface area is 218 Å². The largest absolute Gasteiger partial charge is 0.307 e. The van der Waals surface area contributed by atoms with Crippen molar-refractivity contribution in [3.8, 4) is 0 Å². The Bertz CT molecular complexity index is 1440. The third-order valence-electron chi connectivity index (χ3n) is 8.87. The summed E-state index contributed by atoms with van der Waals surface area (Å²) in [7, 11) is 0. The number of benzene rings is 2. The van der Waals surface area contributed by atoms with Gasteiger partial charge in [-0.3, -0.25) is 19.3 Å². The molecule has 1 N–H and O–H groups in total. The highest BCUT2D eigenvalue weighted by molar-refractivity contribution is 8.00. The Morgan fingerprint density at radius 2 is 1.56 bits per heavy atom. The van der Waals surface area contributed by atoms with Crippen LogP contribution in [-0.4, -0.2) is 22.0 Å². The third-order valence-corrected chi connectivity index (χ3v) is 11.5. The molecule has 1 saturated heterocycles. The fourth-order valence-electron chi connectivity index (χ4n) is 7.41. The molecular formula is C29H28N2O3S2. The Kier molecular flexibility index (Phi) is 4.81. The molecule has 0 unspecified atom stereocenters. The summed E-state index contributed by atoms with van der Waals surface area (Å²) in [5, 5.41) is 1.17. The van der Waals surface area contributed by atoms with Gasteiger partial charge in [0, 0.05) is 16.0 Å². The topological polar surface area (TPSA) is 70.2 Å². The second-order valence-corrected chi connectivity index (χ2v) is 13.9. The van der Waals surface area contributed by atoms with E-state index in [4.69, 9.17) is 0 Å². The van der Waals surface area contributed by atoms with Crippen molar-refractivity contribution in [1.29, 1.82) is 0 Å². The van der Waals surface area contributed by atoms with Gasteiger partial charge in [0.1, 0.15) is 0 Å². The summed E-state index contributed by atoms with van der Waals surface area (Å²) in [5.41, 5.74) is 3.22. The molecule has 0 spiro atoms. The van der Waals surface area contributed by atoms with Gasteiger partial charge in [0.2, 0.25) is 11.8 Å². The summed E-state index contributed by atoms with van der Waals surface area (Å²) in [6.45, 7) is 6.63. The quantitative estimate of drug-likeness (QED) is 0.462. The van der Waals surface area contributed by atoms with Gasteiger partial charge >= 0.3 is 4.87 Å². The molecule has 3 fully saturated rings. The van der Waals surface area contributed by atoms with E-state index in [1.54, 1.807) is 11.8 Å². The number of anilines is 1. The smallest absolute Gasteiger partial charge is 0.305 e. The number of imide groups is 1. The lowest BCUT2D eigenvalue weighted by Gasteiger charge is -2.43. The van der Waals surface area contributed by atoms with Gasteiger partial charge in [-0.2, -0.15) is 0 Å². The van der Waals surface area contributed by atoms with Crippen molar-refractivity contribution in [2.75, 3.05) is 4.90 Å². The normalized spacial score (nSPS) is 32.5. The number of para-hydroxylation sites is 1. The number of H-pyrrole nitrogens is 1. The van der Waals surface area contributed by atoms with Crippen LogP contribution in [0.15, 0.2) is 64.4 Å². The number of aromatic amines is 1. The number of nitrogens with one attached hydrogen (secondary N) is 1. The second kappa shape index (κ2) is 7.68. The number of amides is 2. The van der Waals surface area contributed by atoms with E-state index in [2.05, 4.69) is 50.0 Å². The molecule has 4 aliphatic rings. The first kappa shape index (κ1) is 22.5. The van der Waals surface area contributed by atoms with E-state index in [-0.39, 0.29) is 62.9 Å². The zero-order valence-electron chi connectivity index (χ0n) is 20.4. The summed E-state index contributed by atoms with van der Waals surface area (Å²) < 4.78 is 0. The van der Waals surface area contributed by atoms with Gasteiger partial charge in [-0.25, -0.2) is 0 Å². The molecule has 7 heteroatoms. The number of hydrogen-bond acceptors (Lipinski definition) is 5. The zero-order chi connectivity index (χ0) is 24.9. The number of hydrogen-bond donors (Lipinski definition) is 1. The average molecular weight is 517 g/mol. The van der Waals surface area contributed by atoms with Crippen LogP contribution in [0.4, 0.5) is 5.69 Å². The third kappa shape index (κ3) is 3.05. The van der Waals surface area contributed by atoms with Crippen molar-refractivity contribution >= 4 is 40.6 Å². The number of nitrogens with zero attached hydrogens (tertiary/aromatic N) is 1. The molecule has 2 saturated carbocycles. The first-order valence-corrected chi connectivity index (χ1v) is 14.4. The summed E-state index contributed by atoms with van der Waals surface area (Å²) in [5.74, 6) is -0.0266. The maximum absolute atomic E-state index is 13.8. The highest BCUT2D eigenvalue weighted by Gasteiger charge is 2.69. The Morgan fingerprint density at radius 3 is 2.22 bits per heavy atom. The fourth-order valence-corrected chi connectivity index (χ4v) is 10.3. The molecule has 3 heterocycles. The number of thioether (sulfide) groups is 1. The maximum Gasteiger partial charge on any atom is 0.305 e. The molecule has 3 aromatic rings. The molecule has 2 bridgehead atoms. The number of carbonyl (C=O) groups is 2. The predicted molar refractivity (Wildman–Crippen MR) is 143 cm³/mol. The molecule has 2 aliphatic heterocycles. The minimum Gasteiger partial charge on any atom is -0.307 e. The Morgan fingerprint density at radius 1 is 0.889 bits per heavy atom. The molecule has 36 heavy (non-hydrogen) atoms. The van der Waals surface area contributed by atoms with Gasteiger partial charge in [0.25, 0.3) is 0 Å². The summed E-state index contributed by atoms with van der Waals surface area (Å²) in [6, 6.07) is 18.2. The number of thiazole rings is 1. The van der Waals surface area contributed by atoms with Crippen LogP contribution in [0, 0.1) is 29.6 Å². The molecule has 1 aromatic heterocycles. The van der Waals surface area contributed by atoms with E-state index in [0.717, 1.165) is 16.3 Å². The van der Waals surface area contributed by atoms with Crippen LogP contribution in [0.3, 0.4) is 0 Å². The van der Waals surface area contributed by atoms with Crippen molar-refractivity contribution < 1.29 is 9.59 Å². The van der Waals surface area contributed by atoms with E-state index in [0.29, 0.717) is 5.69 Å². The molecule has 2 aliphatic carbocycles. The highest BCUT2D eigenvalue weighted by Crippen LogP contribution is 2.68. The molecule has 184 valence electrons. The van der Waals surface area contributed by atoms with Crippen molar-refractivity contribution in [3.05, 3.63) is 80.3 Å². The van der Waals surface area contributed by atoms with E-state index in [9.17, 15) is 14.4 Å². The van der Waals surface area contributed by atoms with Crippen LogP contribution < -0.4 is 9.77 Å². The van der Waals surface area contributed by atoms with Gasteiger partial charge < -0.3 is 4.98 Å². The molecule has 5 nitrogen and oxygen atoms in total. The van der Waals surface area contributed by atoms with Gasteiger partial charge in [-0.15, -0.1) is 11.8 Å². The van der Waals surface area contributed by atoms with Crippen LogP contribution in [-0.2, 0) is 15.0 Å². The van der Waals surface area contributed by atoms with Crippen LogP contribution in [0.5, 0.6) is 0 Å². The first-order chi connectivity index (χ1) is 17.2. The monoisotopic (exact) mass is 516 g/mol. The lowest BCUT2D eigenvalue weighted by molar-refractivity contribution is -0.123. The van der Waals surface area contributed by atoms with E-state index < -0.39 is 0 Å². The molecule has 2 amide bonds. The first-order valence-electron chi connectivity index (χ1n) is 12.7. The molecule has 2 aromatic carbocycles. The average Bonchev–Trinajstić information content (AvgIpc) is 3.58. The summed E-state index contributed by atoms with van der Waals surface area (Å²) in [4.78, 5) is 45.4. The SMILES string of the molecule is CC(C)(C)c1ccc([C@@H]2c3sc(=O)[nH]c3S[C@@H]3[C@H]4C[C@@H]([C@@H]5C(=O)N(c6ccccc6)C(=O)[C@@H]45)[C@@H]23)cc1. The second-order valence-electron chi connectivity index (χ2n) is 11.7. The number of rotatable bonds is 2. The summed E-state index contributed by atoms with van der Waals surface area (Å²) in [6.07, 6.45) is 0.910. The van der Waals surface area contributed by atoms with Crippen molar-refractivity contribution in [2.45, 2.75) is 48.8 Å². The summed E-state index contributed by atoms with van der Waals surface area (Å²) >= 11 is 3.05. The number of carbonyl (C=O) groups excluding carboxylic acids is 2. The Balaban J connectivity index is 1.31. The lowest BCUT2D eigenvalue weighted by Crippen LogP contribution is -2.42. The fraction of sp³-hybridized carbons (Fsp3) is 0.414. The molecule has 7 atom stereocenters. The van der Waals surface area contributed by atoms with Crippen molar-refractivity contribution in [3.63, 3.8) is 0 Å². The van der Waals surface area contributed by atoms with Crippen LogP contribution >= 0.6 is 23.1 Å². The van der Waals surface area contributed by atoms with Crippen molar-refractivity contribution in [2.24, 2.45) is 29.6 Å². The van der Waals surface area contributed by atoms with E-state index in [1.165, 1.54) is 27.4 Å². The molecular weight excluding hydrogens is 488 g/mol. The standard InChI is InChI=1S/C29H28N2O3S2/c1-29(2,3)15-11-9-14(10-12-15)19-20-17-13-18(23(20)35-25-24(19)36-28(34)30-25)22-21(17)26(32)31(27(22)33)16-7-5-4-6-8-16/h4-12,17-23H,13H2,1-3H3,(H,30,34)/t17-,18+,19+,20+,21+,22+,23-/m1/s1. The number of aromatic nitrogens is 1. The van der Waals surface area contributed by atoms with Crippen LogP contribution in [0.25, 0.3) is 0 Å². The van der Waals surface area contributed by atoms with Gasteiger partial charge in [-0.1, -0.05) is 74.6 Å². The minimum atomic E-state index is -0.266. The van der Waals surface area contributed by atoms with Gasteiger partial charge in [0.05, 0.1) is 22.5 Å². The minimum absolute atomic E-state index is 0.0290. The van der Waals surface area contributed by atoms with E-state index >= 15 is 0 Å². The Hall–Kier alpha value is -2.64. The highest BCUT2D eigenvalue weighted by atomic mass is 32.2. The van der Waals surface area contributed by atoms with Crippen molar-refractivity contribution in [1.82, 2.24) is 4.98 Å². The van der Waals surface area contributed by atoms with Crippen LogP contribution in [0.2, 0.25) is 0 Å². The van der Waals surface area contributed by atoms with E-state index in [1.807, 2.05) is 30.3 Å². The van der Waals surface area contributed by atoms with Crippen LogP contribution in [0.1, 0.15) is 49.1 Å². The van der Waals surface area contributed by atoms with Gasteiger partial charge in [0.15, 0.2) is 0 Å². The molecule has 0 radical (unpaired) electrons. The predicted octanol–water partition coefficient (Wildman–Crippen LogP) is 5.41. The number of fused-ring (bicyclic) bond motifs is 9. The molecule has 7 rings (SSSR count). The lowest BCUT2D eigenvalue weighted by atomic mass is 9.68. The van der Waals surface area contributed by atoms with Gasteiger partial charge in [-0.05, 0) is 52.8 Å². The zero-order valence-corrected chi connectivity index (χ0v) is 22.1. The maximum atomic E-state index is 13.8.